The molecule has 0 fully saturated rings. The molecular weight excluding hydrogens is 356 g/mol. The third-order valence-corrected chi connectivity index (χ3v) is 4.49. The summed E-state index contributed by atoms with van der Waals surface area (Å²) in [5.41, 5.74) is 0.323. The van der Waals surface area contributed by atoms with Gasteiger partial charge in [-0.3, -0.25) is 4.79 Å². The van der Waals surface area contributed by atoms with Crippen molar-refractivity contribution < 1.29 is 18.1 Å². The number of hydrogen-bond acceptors (Lipinski definition) is 2. The maximum absolute atomic E-state index is 14.3. The van der Waals surface area contributed by atoms with Crippen LogP contribution in [0.5, 0.6) is 0 Å². The van der Waals surface area contributed by atoms with E-state index in [1.54, 1.807) is 12.1 Å². The molecule has 1 heterocycles. The SMILES string of the molecule is C[S+]([O-])CC(=O)c1[nH]c2ccc(Cl)cc2c1-c1c(F)cccc1F. The van der Waals surface area contributed by atoms with Crippen molar-refractivity contribution >= 4 is 39.5 Å². The van der Waals surface area contributed by atoms with Gasteiger partial charge in [-0.2, -0.15) is 0 Å². The molecule has 0 saturated heterocycles. The molecule has 1 unspecified atom stereocenters. The van der Waals surface area contributed by atoms with Gasteiger partial charge in [-0.1, -0.05) is 17.7 Å². The maximum Gasteiger partial charge on any atom is 0.228 e. The first-order valence-electron chi connectivity index (χ1n) is 6.97. The average molecular weight is 368 g/mol. The number of halogens is 3. The highest BCUT2D eigenvalue weighted by molar-refractivity contribution is 7.91. The van der Waals surface area contributed by atoms with Crippen molar-refractivity contribution in [1.82, 2.24) is 4.98 Å². The summed E-state index contributed by atoms with van der Waals surface area (Å²) in [5.74, 6) is -2.31. The fraction of sp³-hybridized carbons (Fsp3) is 0.118. The number of H-pyrrole nitrogens is 1. The highest BCUT2D eigenvalue weighted by Crippen LogP contribution is 2.37. The van der Waals surface area contributed by atoms with Gasteiger partial charge in [0.25, 0.3) is 0 Å². The molecule has 7 heteroatoms. The van der Waals surface area contributed by atoms with Crippen LogP contribution in [0.15, 0.2) is 36.4 Å². The van der Waals surface area contributed by atoms with E-state index in [1.165, 1.54) is 18.4 Å². The van der Waals surface area contributed by atoms with Crippen LogP contribution in [-0.4, -0.2) is 27.3 Å². The zero-order valence-corrected chi connectivity index (χ0v) is 14.1. The van der Waals surface area contributed by atoms with Gasteiger partial charge in [-0.25, -0.2) is 8.78 Å². The van der Waals surface area contributed by atoms with Crippen molar-refractivity contribution in [2.24, 2.45) is 0 Å². The number of hydrogen-bond donors (Lipinski definition) is 1. The molecule has 1 N–H and O–H groups in total. The van der Waals surface area contributed by atoms with Gasteiger partial charge >= 0.3 is 0 Å². The van der Waals surface area contributed by atoms with Crippen LogP contribution in [0.1, 0.15) is 10.5 Å². The Morgan fingerprint density at radius 1 is 1.21 bits per heavy atom. The number of rotatable bonds is 4. The van der Waals surface area contributed by atoms with Crippen LogP contribution in [0.4, 0.5) is 8.78 Å². The summed E-state index contributed by atoms with van der Waals surface area (Å²) < 4.78 is 40.0. The lowest BCUT2D eigenvalue weighted by molar-refractivity contribution is 0.101. The molecule has 0 aliphatic heterocycles. The Kier molecular flexibility index (Phi) is 4.62. The molecule has 1 atom stereocenters. The van der Waals surface area contributed by atoms with Crippen LogP contribution < -0.4 is 0 Å². The van der Waals surface area contributed by atoms with Crippen LogP contribution in [-0.2, 0) is 11.2 Å². The third kappa shape index (κ3) is 3.05. The van der Waals surface area contributed by atoms with E-state index in [2.05, 4.69) is 4.98 Å². The third-order valence-electron chi connectivity index (χ3n) is 3.59. The molecule has 0 bridgehead atoms. The summed E-state index contributed by atoms with van der Waals surface area (Å²) in [5, 5.41) is 0.800. The summed E-state index contributed by atoms with van der Waals surface area (Å²) in [4.78, 5) is 15.3. The summed E-state index contributed by atoms with van der Waals surface area (Å²) in [7, 11) is 0. The lowest BCUT2D eigenvalue weighted by Crippen LogP contribution is -2.16. The molecule has 0 aliphatic rings. The highest BCUT2D eigenvalue weighted by atomic mass is 35.5. The molecule has 0 amide bonds. The Labute approximate surface area is 144 Å². The summed E-state index contributed by atoms with van der Waals surface area (Å²) in [6, 6.07) is 8.25. The fourth-order valence-electron chi connectivity index (χ4n) is 2.63. The molecule has 24 heavy (non-hydrogen) atoms. The van der Waals surface area contributed by atoms with Gasteiger partial charge in [0, 0.05) is 21.5 Å². The average Bonchev–Trinajstić information content (AvgIpc) is 2.85. The first kappa shape index (κ1) is 17.0. The molecular formula is C17H12ClF2NO2S. The van der Waals surface area contributed by atoms with Gasteiger partial charge in [0.1, 0.15) is 11.6 Å². The maximum atomic E-state index is 14.3. The molecule has 2 aromatic carbocycles. The molecule has 0 saturated carbocycles. The van der Waals surface area contributed by atoms with Gasteiger partial charge in [0.15, 0.2) is 5.75 Å². The Hall–Kier alpha value is -1.89. The number of Topliss-reactive ketones (excluding diaryl/α,β-unsaturated/α-hetero) is 1. The van der Waals surface area contributed by atoms with Gasteiger partial charge in [-0.15, -0.1) is 0 Å². The number of carbonyl (C=O) groups is 1. The Morgan fingerprint density at radius 2 is 1.88 bits per heavy atom. The first-order chi connectivity index (χ1) is 11.4. The Bertz CT molecular complexity index is 919. The minimum atomic E-state index is -1.38. The van der Waals surface area contributed by atoms with Crippen molar-refractivity contribution in [3.8, 4) is 11.1 Å². The second-order valence-electron chi connectivity index (χ2n) is 5.30. The quantitative estimate of drug-likeness (QED) is 0.551. The summed E-state index contributed by atoms with van der Waals surface area (Å²) in [6.45, 7) is 0. The van der Waals surface area contributed by atoms with E-state index in [-0.39, 0.29) is 22.6 Å². The highest BCUT2D eigenvalue weighted by Gasteiger charge is 2.25. The van der Waals surface area contributed by atoms with Crippen LogP contribution in [0.3, 0.4) is 0 Å². The lowest BCUT2D eigenvalue weighted by Gasteiger charge is -2.08. The smallest absolute Gasteiger partial charge is 0.228 e. The van der Waals surface area contributed by atoms with Gasteiger partial charge in [0.05, 0.1) is 17.5 Å². The van der Waals surface area contributed by atoms with E-state index in [0.29, 0.717) is 15.9 Å². The van der Waals surface area contributed by atoms with Crippen molar-refractivity contribution in [2.45, 2.75) is 0 Å². The number of benzene rings is 2. The van der Waals surface area contributed by atoms with Crippen LogP contribution in [0, 0.1) is 11.6 Å². The van der Waals surface area contributed by atoms with E-state index in [0.717, 1.165) is 12.1 Å². The van der Waals surface area contributed by atoms with E-state index in [9.17, 15) is 18.1 Å². The molecule has 0 aliphatic carbocycles. The second-order valence-corrected chi connectivity index (χ2v) is 7.17. The molecule has 3 aromatic rings. The number of fused-ring (bicyclic) bond motifs is 1. The molecule has 1 aromatic heterocycles. The van der Waals surface area contributed by atoms with Crippen molar-refractivity contribution in [3.05, 3.63) is 58.7 Å². The number of ketones is 1. The minimum absolute atomic E-state index is 0.0199. The van der Waals surface area contributed by atoms with Gasteiger partial charge in [-0.05, 0) is 41.5 Å². The molecule has 124 valence electrons. The number of carbonyl (C=O) groups excluding carboxylic acids is 1. The number of nitrogens with one attached hydrogen (secondary N) is 1. The Balaban J connectivity index is 2.35. The van der Waals surface area contributed by atoms with Crippen LogP contribution >= 0.6 is 11.6 Å². The molecule has 0 spiro atoms. The van der Waals surface area contributed by atoms with Crippen molar-refractivity contribution in [2.75, 3.05) is 12.0 Å². The molecule has 0 radical (unpaired) electrons. The standard InChI is InChI=1S/C17H12ClF2NO2S/c1-24(23)8-14(22)17-15(16-11(19)3-2-4-12(16)20)10-7-9(18)5-6-13(10)21-17/h2-7,21H,8H2,1H3. The van der Waals surface area contributed by atoms with Crippen molar-refractivity contribution in [1.29, 1.82) is 0 Å². The first-order valence-corrected chi connectivity index (χ1v) is 9.08. The zero-order chi connectivity index (χ0) is 17.4. The number of aromatic amines is 1. The van der Waals surface area contributed by atoms with Gasteiger partial charge in [0.2, 0.25) is 5.78 Å². The topological polar surface area (TPSA) is 55.9 Å². The van der Waals surface area contributed by atoms with Crippen LogP contribution in [0.25, 0.3) is 22.0 Å². The summed E-state index contributed by atoms with van der Waals surface area (Å²) >= 11 is 4.62. The largest absolute Gasteiger partial charge is 0.616 e. The predicted octanol–water partition coefficient (Wildman–Crippen LogP) is 4.33. The molecule has 3 rings (SSSR count). The Morgan fingerprint density at radius 3 is 2.50 bits per heavy atom. The predicted molar refractivity (Wildman–Crippen MR) is 91.9 cm³/mol. The van der Waals surface area contributed by atoms with Crippen LogP contribution in [0.2, 0.25) is 5.02 Å². The van der Waals surface area contributed by atoms with E-state index in [4.69, 9.17) is 11.6 Å². The van der Waals surface area contributed by atoms with Crippen molar-refractivity contribution in [3.63, 3.8) is 0 Å². The lowest BCUT2D eigenvalue weighted by atomic mass is 9.99. The minimum Gasteiger partial charge on any atom is -0.616 e. The number of aromatic nitrogens is 1. The van der Waals surface area contributed by atoms with E-state index < -0.39 is 28.6 Å². The monoisotopic (exact) mass is 367 g/mol. The fourth-order valence-corrected chi connectivity index (χ4v) is 3.31. The summed E-state index contributed by atoms with van der Waals surface area (Å²) in [6.07, 6.45) is 1.39. The normalized spacial score (nSPS) is 12.5. The second kappa shape index (κ2) is 6.55. The van der Waals surface area contributed by atoms with E-state index >= 15 is 0 Å². The van der Waals surface area contributed by atoms with Gasteiger partial charge < -0.3 is 9.54 Å². The van der Waals surface area contributed by atoms with E-state index in [1.807, 2.05) is 0 Å². The molecule has 3 nitrogen and oxygen atoms in total. The zero-order valence-electron chi connectivity index (χ0n) is 12.5.